The summed E-state index contributed by atoms with van der Waals surface area (Å²) < 4.78 is 24.5. The molecule has 4 rings (SSSR count). The van der Waals surface area contributed by atoms with Gasteiger partial charge < -0.3 is 14.4 Å². The number of nitrogens with zero attached hydrogens (tertiary/aromatic N) is 1. The van der Waals surface area contributed by atoms with E-state index < -0.39 is 5.41 Å². The van der Waals surface area contributed by atoms with Gasteiger partial charge in [-0.15, -0.1) is 0 Å². The largest absolute Gasteiger partial charge is 0.492 e. The number of ether oxygens (including phenoxy) is 2. The summed E-state index contributed by atoms with van der Waals surface area (Å²) in [6, 6.07) is 13.8. The van der Waals surface area contributed by atoms with Crippen LogP contribution in [0.1, 0.15) is 32.6 Å². The van der Waals surface area contributed by atoms with Gasteiger partial charge in [0.1, 0.15) is 23.6 Å². The zero-order chi connectivity index (χ0) is 21.8. The molecule has 2 aromatic rings. The predicted molar refractivity (Wildman–Crippen MR) is 115 cm³/mol. The molecule has 0 radical (unpaired) electrons. The third kappa shape index (κ3) is 4.58. The van der Waals surface area contributed by atoms with E-state index in [1.54, 1.807) is 19.1 Å². The zero-order valence-electron chi connectivity index (χ0n) is 17.8. The van der Waals surface area contributed by atoms with Crippen molar-refractivity contribution in [1.82, 2.24) is 4.90 Å². The molecular weight excluding hydrogens is 397 g/mol. The SMILES string of the molecule is CCOC(=O)C1(COc2ccc(-c3ccc(F)cc3)cc2)CCN(C(=O)C2CCC2)C1. The van der Waals surface area contributed by atoms with Crippen LogP contribution in [0.2, 0.25) is 0 Å². The van der Waals surface area contributed by atoms with Gasteiger partial charge in [0.2, 0.25) is 5.91 Å². The monoisotopic (exact) mass is 425 g/mol. The fourth-order valence-electron chi connectivity index (χ4n) is 4.21. The minimum absolute atomic E-state index is 0.109. The highest BCUT2D eigenvalue weighted by Gasteiger charge is 2.49. The Bertz CT molecular complexity index is 924. The van der Waals surface area contributed by atoms with E-state index in [1.807, 2.05) is 29.2 Å². The molecular formula is C25H28FNO4. The van der Waals surface area contributed by atoms with Crippen molar-refractivity contribution in [3.63, 3.8) is 0 Å². The molecule has 0 spiro atoms. The maximum Gasteiger partial charge on any atom is 0.317 e. The van der Waals surface area contributed by atoms with E-state index in [0.29, 0.717) is 31.9 Å². The van der Waals surface area contributed by atoms with Crippen molar-refractivity contribution < 1.29 is 23.5 Å². The Morgan fingerprint density at radius 1 is 1.06 bits per heavy atom. The van der Waals surface area contributed by atoms with E-state index in [9.17, 15) is 14.0 Å². The van der Waals surface area contributed by atoms with Crippen molar-refractivity contribution in [2.45, 2.75) is 32.6 Å². The number of hydrogen-bond donors (Lipinski definition) is 0. The molecule has 1 heterocycles. The van der Waals surface area contributed by atoms with Crippen LogP contribution >= 0.6 is 0 Å². The van der Waals surface area contributed by atoms with Gasteiger partial charge in [-0.3, -0.25) is 9.59 Å². The lowest BCUT2D eigenvalue weighted by atomic mass is 9.84. The molecule has 2 aromatic carbocycles. The Labute approximate surface area is 182 Å². The Morgan fingerprint density at radius 3 is 2.29 bits per heavy atom. The molecule has 2 aliphatic rings. The Hall–Kier alpha value is -2.89. The molecule has 1 atom stereocenters. The molecule has 0 aromatic heterocycles. The fraction of sp³-hybridized carbons (Fsp3) is 0.440. The summed E-state index contributed by atoms with van der Waals surface area (Å²) in [5.74, 6) is 0.327. The predicted octanol–water partition coefficient (Wildman–Crippen LogP) is 4.45. The van der Waals surface area contributed by atoms with Crippen LogP contribution in [0.3, 0.4) is 0 Å². The molecule has 1 saturated carbocycles. The molecule has 31 heavy (non-hydrogen) atoms. The van der Waals surface area contributed by atoms with Crippen LogP contribution in [0, 0.1) is 17.2 Å². The van der Waals surface area contributed by atoms with Crippen molar-refractivity contribution in [3.05, 3.63) is 54.3 Å². The van der Waals surface area contributed by atoms with Gasteiger partial charge in [-0.25, -0.2) is 4.39 Å². The van der Waals surface area contributed by atoms with Gasteiger partial charge >= 0.3 is 5.97 Å². The number of amides is 1. The number of esters is 1. The standard InChI is InChI=1S/C25H28FNO4/c1-2-30-24(29)25(14-15-27(16-25)23(28)20-4-3-5-20)17-31-22-12-8-19(9-13-22)18-6-10-21(26)11-7-18/h6-13,20H,2-5,14-17H2,1H3. The van der Waals surface area contributed by atoms with Gasteiger partial charge in [0.25, 0.3) is 0 Å². The topological polar surface area (TPSA) is 55.8 Å². The zero-order valence-corrected chi connectivity index (χ0v) is 17.8. The molecule has 2 fully saturated rings. The molecule has 6 heteroatoms. The van der Waals surface area contributed by atoms with Crippen molar-refractivity contribution in [2.24, 2.45) is 11.3 Å². The first-order chi connectivity index (χ1) is 15.0. The second-order valence-electron chi connectivity index (χ2n) is 8.46. The van der Waals surface area contributed by atoms with Crippen LogP contribution in [0.25, 0.3) is 11.1 Å². The summed E-state index contributed by atoms with van der Waals surface area (Å²) in [4.78, 5) is 27.3. The third-order valence-corrected chi connectivity index (χ3v) is 6.38. The van der Waals surface area contributed by atoms with E-state index >= 15 is 0 Å². The highest BCUT2D eigenvalue weighted by Crippen LogP contribution is 2.37. The number of carbonyl (C=O) groups is 2. The van der Waals surface area contributed by atoms with E-state index in [0.717, 1.165) is 30.4 Å². The average Bonchev–Trinajstić information content (AvgIpc) is 3.18. The first-order valence-electron chi connectivity index (χ1n) is 11.0. The minimum Gasteiger partial charge on any atom is -0.492 e. The number of carbonyl (C=O) groups excluding carboxylic acids is 2. The van der Waals surface area contributed by atoms with Crippen LogP contribution in [0.4, 0.5) is 4.39 Å². The summed E-state index contributed by atoms with van der Waals surface area (Å²) in [6.45, 7) is 3.14. The summed E-state index contributed by atoms with van der Waals surface area (Å²) in [6.07, 6.45) is 3.53. The number of benzene rings is 2. The summed E-state index contributed by atoms with van der Waals surface area (Å²) in [5, 5.41) is 0. The highest BCUT2D eigenvalue weighted by molar-refractivity contribution is 5.83. The number of likely N-dealkylation sites (tertiary alicyclic amines) is 1. The lowest BCUT2D eigenvalue weighted by molar-refractivity contribution is -0.157. The van der Waals surface area contributed by atoms with Crippen molar-refractivity contribution in [2.75, 3.05) is 26.3 Å². The van der Waals surface area contributed by atoms with Crippen LogP contribution in [-0.4, -0.2) is 43.1 Å². The Balaban J connectivity index is 1.43. The third-order valence-electron chi connectivity index (χ3n) is 6.38. The normalized spacial score (nSPS) is 20.9. The van der Waals surface area contributed by atoms with Gasteiger partial charge in [0, 0.05) is 19.0 Å². The second-order valence-corrected chi connectivity index (χ2v) is 8.46. The van der Waals surface area contributed by atoms with Gasteiger partial charge in [-0.05, 0) is 61.6 Å². The molecule has 0 N–H and O–H groups in total. The Morgan fingerprint density at radius 2 is 1.71 bits per heavy atom. The highest BCUT2D eigenvalue weighted by atomic mass is 19.1. The fourth-order valence-corrected chi connectivity index (χ4v) is 4.21. The average molecular weight is 426 g/mol. The Kier molecular flexibility index (Phi) is 6.25. The smallest absolute Gasteiger partial charge is 0.317 e. The quantitative estimate of drug-likeness (QED) is 0.615. The van der Waals surface area contributed by atoms with Crippen molar-refractivity contribution >= 4 is 11.9 Å². The summed E-state index contributed by atoms with van der Waals surface area (Å²) in [5.41, 5.74) is 1.02. The number of hydrogen-bond acceptors (Lipinski definition) is 4. The lowest BCUT2D eigenvalue weighted by Gasteiger charge is -2.31. The van der Waals surface area contributed by atoms with Crippen molar-refractivity contribution in [1.29, 1.82) is 0 Å². The molecule has 1 unspecified atom stereocenters. The summed E-state index contributed by atoms with van der Waals surface area (Å²) >= 11 is 0. The second kappa shape index (κ2) is 9.08. The molecule has 0 bridgehead atoms. The van der Waals surface area contributed by atoms with E-state index in [4.69, 9.17) is 9.47 Å². The van der Waals surface area contributed by atoms with Crippen molar-refractivity contribution in [3.8, 4) is 16.9 Å². The molecule has 1 saturated heterocycles. The number of rotatable bonds is 7. The molecule has 1 aliphatic carbocycles. The first-order valence-corrected chi connectivity index (χ1v) is 11.0. The van der Waals surface area contributed by atoms with Crippen LogP contribution in [0.5, 0.6) is 5.75 Å². The maximum atomic E-state index is 13.1. The summed E-state index contributed by atoms with van der Waals surface area (Å²) in [7, 11) is 0. The van der Waals surface area contributed by atoms with Gasteiger partial charge in [-0.2, -0.15) is 0 Å². The van der Waals surface area contributed by atoms with Crippen LogP contribution in [-0.2, 0) is 14.3 Å². The maximum absolute atomic E-state index is 13.1. The first kappa shape index (κ1) is 21.3. The molecule has 164 valence electrons. The molecule has 1 amide bonds. The molecule has 5 nitrogen and oxygen atoms in total. The van der Waals surface area contributed by atoms with E-state index in [2.05, 4.69) is 0 Å². The van der Waals surface area contributed by atoms with Gasteiger partial charge in [0.05, 0.1) is 6.61 Å². The van der Waals surface area contributed by atoms with Gasteiger partial charge in [-0.1, -0.05) is 30.7 Å². The lowest BCUT2D eigenvalue weighted by Crippen LogP contribution is -2.44. The number of halogens is 1. The minimum atomic E-state index is -0.842. The van der Waals surface area contributed by atoms with E-state index in [1.165, 1.54) is 12.1 Å². The van der Waals surface area contributed by atoms with E-state index in [-0.39, 0.29) is 30.2 Å². The van der Waals surface area contributed by atoms with Crippen LogP contribution in [0.15, 0.2) is 48.5 Å². The van der Waals surface area contributed by atoms with Crippen LogP contribution < -0.4 is 4.74 Å². The van der Waals surface area contributed by atoms with Gasteiger partial charge in [0.15, 0.2) is 0 Å². The molecule has 1 aliphatic heterocycles.